The van der Waals surface area contributed by atoms with Gasteiger partial charge in [0.2, 0.25) is 0 Å². The van der Waals surface area contributed by atoms with E-state index in [2.05, 4.69) is 40.8 Å². The van der Waals surface area contributed by atoms with Crippen LogP contribution in [0.3, 0.4) is 0 Å². The highest BCUT2D eigenvalue weighted by molar-refractivity contribution is 6.04. The number of aromatic amines is 1. The first-order valence-electron chi connectivity index (χ1n) is 5.36. The lowest BCUT2D eigenvalue weighted by Gasteiger charge is -1.96. The number of H-pyrrole nitrogens is 1. The molecule has 0 aliphatic rings. The van der Waals surface area contributed by atoms with Crippen molar-refractivity contribution in [1.29, 1.82) is 0 Å². The highest BCUT2D eigenvalue weighted by atomic mass is 14.9. The molecular weight excluding hydrogens is 196 g/mol. The van der Waals surface area contributed by atoms with Crippen LogP contribution in [-0.2, 0) is 6.42 Å². The maximum Gasteiger partial charge on any atom is 0.111 e. The van der Waals surface area contributed by atoms with Crippen LogP contribution in [0.4, 0.5) is 0 Å². The van der Waals surface area contributed by atoms with Gasteiger partial charge in [0.1, 0.15) is 5.82 Å². The summed E-state index contributed by atoms with van der Waals surface area (Å²) >= 11 is 0. The van der Waals surface area contributed by atoms with Gasteiger partial charge in [-0.3, -0.25) is 0 Å². The third kappa shape index (κ3) is 1.31. The van der Waals surface area contributed by atoms with Gasteiger partial charge in [-0.25, -0.2) is 4.98 Å². The molecule has 0 saturated carbocycles. The largest absolute Gasteiger partial charge is 0.342 e. The molecule has 0 bridgehead atoms. The van der Waals surface area contributed by atoms with Gasteiger partial charge in [-0.05, 0) is 11.5 Å². The van der Waals surface area contributed by atoms with Crippen LogP contribution in [0.15, 0.2) is 49.1 Å². The van der Waals surface area contributed by atoms with E-state index in [9.17, 15) is 0 Å². The van der Waals surface area contributed by atoms with Crippen molar-refractivity contribution in [3.8, 4) is 0 Å². The Hall–Kier alpha value is -2.09. The highest BCUT2D eigenvalue weighted by Gasteiger charge is 2.04. The molecule has 1 heterocycles. The Morgan fingerprint density at radius 1 is 1.19 bits per heavy atom. The fourth-order valence-electron chi connectivity index (χ4n) is 2.03. The van der Waals surface area contributed by atoms with Crippen LogP contribution in [0.1, 0.15) is 5.82 Å². The minimum atomic E-state index is 0.781. The monoisotopic (exact) mass is 208 g/mol. The number of fused-ring (bicyclic) bond motifs is 3. The van der Waals surface area contributed by atoms with E-state index in [4.69, 9.17) is 0 Å². The Bertz CT molecular complexity index is 665. The minimum absolute atomic E-state index is 0.781. The summed E-state index contributed by atoms with van der Waals surface area (Å²) < 4.78 is 0. The van der Waals surface area contributed by atoms with Crippen molar-refractivity contribution in [2.24, 2.45) is 0 Å². The van der Waals surface area contributed by atoms with Crippen molar-refractivity contribution in [2.75, 3.05) is 0 Å². The summed E-state index contributed by atoms with van der Waals surface area (Å²) in [5.41, 5.74) is 2.14. The second-order valence-corrected chi connectivity index (χ2v) is 3.86. The van der Waals surface area contributed by atoms with Crippen LogP contribution < -0.4 is 0 Å². The summed E-state index contributed by atoms with van der Waals surface area (Å²) in [6.07, 6.45) is 2.64. The van der Waals surface area contributed by atoms with E-state index in [0.717, 1.165) is 23.3 Å². The normalized spacial score (nSPS) is 11.0. The van der Waals surface area contributed by atoms with Gasteiger partial charge in [-0.1, -0.05) is 36.4 Å². The number of nitrogens with one attached hydrogen (secondary N) is 1. The highest BCUT2D eigenvalue weighted by Crippen LogP contribution is 2.23. The fourth-order valence-corrected chi connectivity index (χ4v) is 2.03. The average molecular weight is 208 g/mol. The lowest BCUT2D eigenvalue weighted by Crippen LogP contribution is -1.81. The minimum Gasteiger partial charge on any atom is -0.342 e. The summed E-state index contributed by atoms with van der Waals surface area (Å²) in [7, 11) is 0. The molecule has 0 aliphatic heterocycles. The van der Waals surface area contributed by atoms with E-state index in [1.54, 1.807) is 0 Å². The molecule has 78 valence electrons. The van der Waals surface area contributed by atoms with E-state index >= 15 is 0 Å². The quantitative estimate of drug-likeness (QED) is 0.642. The third-order valence-electron chi connectivity index (χ3n) is 2.76. The second-order valence-electron chi connectivity index (χ2n) is 3.86. The molecular formula is C14H12N2. The van der Waals surface area contributed by atoms with Crippen molar-refractivity contribution < 1.29 is 0 Å². The lowest BCUT2D eigenvalue weighted by atomic mass is 10.1. The van der Waals surface area contributed by atoms with Crippen molar-refractivity contribution in [3.63, 3.8) is 0 Å². The maximum absolute atomic E-state index is 4.60. The molecule has 0 aliphatic carbocycles. The van der Waals surface area contributed by atoms with E-state index in [1.165, 1.54) is 10.8 Å². The molecule has 2 aromatic carbocycles. The molecule has 2 heteroatoms. The predicted molar refractivity (Wildman–Crippen MR) is 67.5 cm³/mol. The van der Waals surface area contributed by atoms with E-state index in [1.807, 2.05) is 18.2 Å². The zero-order valence-electron chi connectivity index (χ0n) is 8.90. The maximum atomic E-state index is 4.60. The first-order chi connectivity index (χ1) is 7.88. The predicted octanol–water partition coefficient (Wildman–Crippen LogP) is 3.44. The zero-order chi connectivity index (χ0) is 11.0. The number of hydrogen-bond acceptors (Lipinski definition) is 1. The second kappa shape index (κ2) is 3.49. The van der Waals surface area contributed by atoms with Crippen LogP contribution in [0.25, 0.3) is 21.8 Å². The summed E-state index contributed by atoms with van der Waals surface area (Å²) in [6, 6.07) is 12.5. The van der Waals surface area contributed by atoms with Crippen molar-refractivity contribution in [2.45, 2.75) is 6.42 Å². The first-order valence-corrected chi connectivity index (χ1v) is 5.36. The molecule has 0 unspecified atom stereocenters. The molecule has 3 rings (SSSR count). The van der Waals surface area contributed by atoms with Crippen molar-refractivity contribution in [1.82, 2.24) is 9.97 Å². The number of benzene rings is 2. The Kier molecular flexibility index (Phi) is 2.00. The summed E-state index contributed by atoms with van der Waals surface area (Å²) in [6.45, 7) is 3.73. The van der Waals surface area contributed by atoms with Gasteiger partial charge >= 0.3 is 0 Å². The number of imidazole rings is 1. The molecule has 0 fully saturated rings. The zero-order valence-corrected chi connectivity index (χ0v) is 8.90. The molecule has 1 aromatic heterocycles. The topological polar surface area (TPSA) is 28.7 Å². The molecule has 3 aromatic rings. The SMILES string of the molecule is C=CCc1nc2c(ccc3ccccc32)[nH]1. The Morgan fingerprint density at radius 2 is 2.06 bits per heavy atom. The van der Waals surface area contributed by atoms with Gasteiger partial charge in [-0.2, -0.15) is 0 Å². The molecule has 1 N–H and O–H groups in total. The first kappa shape index (κ1) is 9.16. The van der Waals surface area contributed by atoms with E-state index < -0.39 is 0 Å². The molecule has 0 saturated heterocycles. The van der Waals surface area contributed by atoms with Gasteiger partial charge < -0.3 is 4.98 Å². The van der Waals surface area contributed by atoms with Crippen LogP contribution in [-0.4, -0.2) is 9.97 Å². The molecule has 0 radical (unpaired) electrons. The summed E-state index contributed by atoms with van der Waals surface area (Å²) in [5, 5.41) is 2.43. The van der Waals surface area contributed by atoms with Gasteiger partial charge in [0.05, 0.1) is 11.0 Å². The molecule has 2 nitrogen and oxygen atoms in total. The molecule has 16 heavy (non-hydrogen) atoms. The average Bonchev–Trinajstić information content (AvgIpc) is 2.72. The standard InChI is InChI=1S/C14H12N2/c1-2-5-13-15-12-9-8-10-6-3-4-7-11(10)14(12)16-13/h2-4,6-9H,1,5H2,(H,15,16). The fraction of sp³-hybridized carbons (Fsp3) is 0.0714. The van der Waals surface area contributed by atoms with Crippen molar-refractivity contribution >= 4 is 21.8 Å². The van der Waals surface area contributed by atoms with Crippen LogP contribution >= 0.6 is 0 Å². The Labute approximate surface area is 93.6 Å². The number of allylic oxidation sites excluding steroid dienone is 1. The number of nitrogens with zero attached hydrogens (tertiary/aromatic N) is 1. The molecule has 0 spiro atoms. The van der Waals surface area contributed by atoms with Gasteiger partial charge in [0.25, 0.3) is 0 Å². The van der Waals surface area contributed by atoms with Gasteiger partial charge in [0, 0.05) is 11.8 Å². The van der Waals surface area contributed by atoms with Crippen molar-refractivity contribution in [3.05, 3.63) is 54.9 Å². The van der Waals surface area contributed by atoms with Gasteiger partial charge in [0.15, 0.2) is 0 Å². The lowest BCUT2D eigenvalue weighted by molar-refractivity contribution is 1.08. The Morgan fingerprint density at radius 3 is 2.94 bits per heavy atom. The van der Waals surface area contributed by atoms with E-state index in [-0.39, 0.29) is 0 Å². The number of hydrogen-bond donors (Lipinski definition) is 1. The number of aromatic nitrogens is 2. The summed E-state index contributed by atoms with van der Waals surface area (Å²) in [4.78, 5) is 7.91. The molecule has 0 amide bonds. The van der Waals surface area contributed by atoms with Crippen LogP contribution in [0, 0.1) is 0 Å². The number of rotatable bonds is 2. The molecule has 0 atom stereocenters. The van der Waals surface area contributed by atoms with Crippen LogP contribution in [0.2, 0.25) is 0 Å². The van der Waals surface area contributed by atoms with Gasteiger partial charge in [-0.15, -0.1) is 6.58 Å². The smallest absolute Gasteiger partial charge is 0.111 e. The summed E-state index contributed by atoms with van der Waals surface area (Å²) in [5.74, 6) is 0.973. The third-order valence-corrected chi connectivity index (χ3v) is 2.76. The van der Waals surface area contributed by atoms with Crippen LogP contribution in [0.5, 0.6) is 0 Å². The Balaban J connectivity index is 2.36. The van der Waals surface area contributed by atoms with E-state index in [0.29, 0.717) is 0 Å².